The van der Waals surface area contributed by atoms with Crippen LogP contribution in [0.3, 0.4) is 0 Å². The second-order valence-electron chi connectivity index (χ2n) is 9.29. The Bertz CT molecular complexity index is 1620. The largest absolute Gasteiger partial charge is 0.356 e. The molecule has 0 aliphatic carbocycles. The van der Waals surface area contributed by atoms with Gasteiger partial charge in [0.05, 0.1) is 17.6 Å². The minimum atomic E-state index is -0.612. The highest BCUT2D eigenvalue weighted by molar-refractivity contribution is 6.11. The molecule has 0 unspecified atom stereocenters. The first-order valence-electron chi connectivity index (χ1n) is 11.4. The number of anilines is 1. The summed E-state index contributed by atoms with van der Waals surface area (Å²) < 4.78 is 2.17. The van der Waals surface area contributed by atoms with Gasteiger partial charge >= 0.3 is 0 Å². The Morgan fingerprint density at radius 3 is 2.62 bits per heavy atom. The number of nitrogens with one attached hydrogen (secondary N) is 2. The van der Waals surface area contributed by atoms with E-state index in [0.717, 1.165) is 33.1 Å². The van der Waals surface area contributed by atoms with E-state index >= 15 is 0 Å². The van der Waals surface area contributed by atoms with Crippen molar-refractivity contribution in [2.24, 2.45) is 0 Å². The zero-order chi connectivity index (χ0) is 23.7. The second-order valence-corrected chi connectivity index (χ2v) is 9.29. The average Bonchev–Trinajstić information content (AvgIpc) is 3.30. The first kappa shape index (κ1) is 20.5. The van der Waals surface area contributed by atoms with Crippen molar-refractivity contribution in [3.05, 3.63) is 87.5 Å². The van der Waals surface area contributed by atoms with Crippen molar-refractivity contribution in [2.45, 2.75) is 32.7 Å². The number of para-hydroxylation sites is 1. The molecular weight excluding hydrogens is 428 g/mol. The van der Waals surface area contributed by atoms with Crippen molar-refractivity contribution in [1.82, 2.24) is 14.5 Å². The minimum Gasteiger partial charge on any atom is -0.356 e. The Hall–Kier alpha value is -4.13. The van der Waals surface area contributed by atoms with E-state index in [-0.39, 0.29) is 30.0 Å². The minimum absolute atomic E-state index is 0.163. The third-order valence-electron chi connectivity index (χ3n) is 6.92. The number of aromatic nitrogens is 2. The van der Waals surface area contributed by atoms with Crippen LogP contribution in [0.4, 0.5) is 5.69 Å². The number of carbonyl (C=O) groups excluding carboxylic acids is 2. The van der Waals surface area contributed by atoms with Crippen molar-refractivity contribution in [1.29, 1.82) is 0 Å². The molecule has 0 saturated heterocycles. The van der Waals surface area contributed by atoms with Crippen molar-refractivity contribution in [2.75, 3.05) is 11.9 Å². The quantitative estimate of drug-likeness (QED) is 0.476. The summed E-state index contributed by atoms with van der Waals surface area (Å²) in [6, 6.07) is 15.7. The highest BCUT2D eigenvalue weighted by Gasteiger charge is 2.42. The average molecular weight is 453 g/mol. The van der Waals surface area contributed by atoms with Crippen molar-refractivity contribution in [3.63, 3.8) is 0 Å². The zero-order valence-corrected chi connectivity index (χ0v) is 19.2. The van der Waals surface area contributed by atoms with Crippen molar-refractivity contribution in [3.8, 4) is 0 Å². The van der Waals surface area contributed by atoms with E-state index in [4.69, 9.17) is 0 Å². The summed E-state index contributed by atoms with van der Waals surface area (Å²) in [5, 5.41) is 5.33. The normalized spacial score (nSPS) is 17.5. The molecule has 0 spiro atoms. The molecule has 34 heavy (non-hydrogen) atoms. The van der Waals surface area contributed by atoms with E-state index in [1.165, 1.54) is 11.8 Å². The Morgan fingerprint density at radius 2 is 1.85 bits per heavy atom. The molecule has 2 aromatic carbocycles. The third kappa shape index (κ3) is 2.79. The van der Waals surface area contributed by atoms with Gasteiger partial charge in [-0.2, -0.15) is 0 Å². The van der Waals surface area contributed by atoms with Crippen molar-refractivity contribution >= 4 is 39.3 Å². The number of aromatic amines is 1. The number of imide groups is 1. The van der Waals surface area contributed by atoms with E-state index in [2.05, 4.69) is 41.0 Å². The Balaban J connectivity index is 1.71. The predicted molar refractivity (Wildman–Crippen MR) is 132 cm³/mol. The molecule has 4 aromatic rings. The molecule has 2 amide bonds. The number of hydrogen-bond donors (Lipinski definition) is 2. The van der Waals surface area contributed by atoms with Gasteiger partial charge in [0.1, 0.15) is 0 Å². The Kier molecular flexibility index (Phi) is 4.33. The number of benzene rings is 2. The van der Waals surface area contributed by atoms with Gasteiger partial charge in [0.2, 0.25) is 5.91 Å². The molecule has 4 heterocycles. The first-order chi connectivity index (χ1) is 16.3. The molecule has 0 fully saturated rings. The Morgan fingerprint density at radius 1 is 1.06 bits per heavy atom. The van der Waals surface area contributed by atoms with Crippen LogP contribution in [0.1, 0.15) is 43.9 Å². The van der Waals surface area contributed by atoms with E-state index in [0.29, 0.717) is 16.8 Å². The maximum Gasteiger partial charge on any atom is 0.259 e. The van der Waals surface area contributed by atoms with Crippen LogP contribution in [0, 0.1) is 0 Å². The monoisotopic (exact) mass is 452 g/mol. The van der Waals surface area contributed by atoms with E-state index < -0.39 is 5.92 Å². The smallest absolute Gasteiger partial charge is 0.259 e. The van der Waals surface area contributed by atoms with Crippen LogP contribution >= 0.6 is 0 Å². The van der Waals surface area contributed by atoms with Crippen LogP contribution < -0.4 is 10.9 Å². The Labute approximate surface area is 195 Å². The van der Waals surface area contributed by atoms with Crippen molar-refractivity contribution < 1.29 is 9.59 Å². The fourth-order valence-electron chi connectivity index (χ4n) is 5.36. The number of hydrogen-bond acceptors (Lipinski definition) is 4. The zero-order valence-electron chi connectivity index (χ0n) is 19.2. The van der Waals surface area contributed by atoms with Gasteiger partial charge in [-0.1, -0.05) is 24.3 Å². The fraction of sp³-hybridized carbons (Fsp3) is 0.222. The van der Waals surface area contributed by atoms with Gasteiger partial charge < -0.3 is 14.9 Å². The van der Waals surface area contributed by atoms with Crippen LogP contribution in [0.5, 0.6) is 0 Å². The number of amides is 2. The number of pyridine rings is 1. The van der Waals surface area contributed by atoms with Gasteiger partial charge in [-0.3, -0.25) is 19.3 Å². The fourth-order valence-corrected chi connectivity index (χ4v) is 5.36. The number of fused-ring (bicyclic) bond motifs is 1. The van der Waals surface area contributed by atoms with E-state index in [9.17, 15) is 14.4 Å². The highest BCUT2D eigenvalue weighted by atomic mass is 16.2. The lowest BCUT2D eigenvalue weighted by atomic mass is 9.84. The summed E-state index contributed by atoms with van der Waals surface area (Å²) in [5.41, 5.74) is 4.90. The van der Waals surface area contributed by atoms with E-state index in [1.54, 1.807) is 0 Å². The van der Waals surface area contributed by atoms with Crippen LogP contribution in [0.2, 0.25) is 0 Å². The molecule has 0 bridgehead atoms. The molecule has 1 atom stereocenters. The number of rotatable bonds is 2. The molecule has 170 valence electrons. The molecule has 6 rings (SSSR count). The molecule has 7 nitrogen and oxygen atoms in total. The van der Waals surface area contributed by atoms with Gasteiger partial charge in [0.15, 0.2) is 0 Å². The maximum absolute atomic E-state index is 13.6. The summed E-state index contributed by atoms with van der Waals surface area (Å²) in [5.74, 6) is -1.28. The van der Waals surface area contributed by atoms with Gasteiger partial charge in [0.25, 0.3) is 11.5 Å². The van der Waals surface area contributed by atoms with Gasteiger partial charge in [-0.05, 0) is 49.1 Å². The summed E-state index contributed by atoms with van der Waals surface area (Å²) in [4.78, 5) is 43.5. The number of H-pyrrole nitrogens is 1. The predicted octanol–water partition coefficient (Wildman–Crippen LogP) is 4.26. The SMILES string of the molecule is CC(=O)N1CC2=C(C1=O)[C@@H](c1cc3ccccc3[nH]c1=O)c1cn(C(C)C)c3cccc(c13)N2. The number of nitrogens with zero attached hydrogens (tertiary/aromatic N) is 2. The molecule has 7 heteroatoms. The first-order valence-corrected chi connectivity index (χ1v) is 11.4. The van der Waals surface area contributed by atoms with Gasteiger partial charge in [-0.25, -0.2) is 0 Å². The van der Waals surface area contributed by atoms with Crippen LogP contribution in [0.15, 0.2) is 70.8 Å². The molecule has 0 saturated carbocycles. The van der Waals surface area contributed by atoms with Crippen LogP contribution in [-0.4, -0.2) is 32.8 Å². The second kappa shape index (κ2) is 7.18. The summed E-state index contributed by atoms with van der Waals surface area (Å²) in [6.07, 6.45) is 2.06. The molecule has 0 radical (unpaired) electrons. The molecule has 2 aromatic heterocycles. The van der Waals surface area contributed by atoms with Crippen LogP contribution in [-0.2, 0) is 9.59 Å². The lowest BCUT2D eigenvalue weighted by molar-refractivity contribution is -0.139. The summed E-state index contributed by atoms with van der Waals surface area (Å²) in [7, 11) is 0. The molecule has 2 aliphatic rings. The molecular formula is C27H24N4O3. The summed E-state index contributed by atoms with van der Waals surface area (Å²) in [6.45, 7) is 5.77. The molecule has 2 aliphatic heterocycles. The number of carbonyl (C=O) groups is 2. The van der Waals surface area contributed by atoms with Gasteiger partial charge in [-0.15, -0.1) is 0 Å². The van der Waals surface area contributed by atoms with Crippen LogP contribution in [0.25, 0.3) is 21.8 Å². The molecule has 2 N–H and O–H groups in total. The topological polar surface area (TPSA) is 87.2 Å². The lowest BCUT2D eigenvalue weighted by Gasteiger charge is -2.19. The summed E-state index contributed by atoms with van der Waals surface area (Å²) >= 11 is 0. The maximum atomic E-state index is 13.6. The lowest BCUT2D eigenvalue weighted by Crippen LogP contribution is -2.33. The highest BCUT2D eigenvalue weighted by Crippen LogP contribution is 2.46. The standard InChI is InChI=1S/C27H24N4O3/c1-14(2)30-12-18-23(17-11-16-7-4-5-8-19(16)29-26(17)33)25-21(13-31(15(3)32)27(25)34)28-20-9-6-10-22(30)24(18)20/h4-12,14,23,28H,13H2,1-3H3,(H,29,33)/t23-/m0/s1. The van der Waals surface area contributed by atoms with Gasteiger partial charge in [0, 0.05) is 52.9 Å². The third-order valence-corrected chi connectivity index (χ3v) is 6.92. The van der Waals surface area contributed by atoms with E-state index in [1.807, 2.05) is 42.5 Å².